The zero-order valence-corrected chi connectivity index (χ0v) is 11.2. The number of hydrogen-bond donors (Lipinski definition) is 3. The van der Waals surface area contributed by atoms with Crippen molar-refractivity contribution >= 4 is 28.9 Å². The maximum Gasteiger partial charge on any atom is 0.337 e. The molecule has 1 aromatic carbocycles. The molecule has 0 spiro atoms. The SMILES string of the molecule is NCc1nc(C(=O)Nc2cc(F)c(F)cc2C(=O)O)cs1. The highest BCUT2D eigenvalue weighted by atomic mass is 32.1. The molecule has 0 radical (unpaired) electrons. The molecule has 0 bridgehead atoms. The quantitative estimate of drug-likeness (QED) is 0.798. The van der Waals surface area contributed by atoms with E-state index in [0.29, 0.717) is 17.1 Å². The lowest BCUT2D eigenvalue weighted by Crippen LogP contribution is -2.16. The van der Waals surface area contributed by atoms with Gasteiger partial charge in [-0.25, -0.2) is 18.6 Å². The summed E-state index contributed by atoms with van der Waals surface area (Å²) in [5, 5.41) is 13.1. The van der Waals surface area contributed by atoms with Crippen LogP contribution in [0.5, 0.6) is 0 Å². The molecule has 4 N–H and O–H groups in total. The fraction of sp³-hybridized carbons (Fsp3) is 0.0833. The second-order valence-corrected chi connectivity index (χ2v) is 4.84. The van der Waals surface area contributed by atoms with Crippen LogP contribution in [0.4, 0.5) is 14.5 Å². The maximum atomic E-state index is 13.2. The molecule has 9 heteroatoms. The molecule has 2 aromatic rings. The van der Waals surface area contributed by atoms with Crippen LogP contribution in [-0.2, 0) is 6.54 Å². The van der Waals surface area contributed by atoms with E-state index in [1.807, 2.05) is 0 Å². The first-order chi connectivity index (χ1) is 9.92. The van der Waals surface area contributed by atoms with Crippen LogP contribution in [0.25, 0.3) is 0 Å². The third kappa shape index (κ3) is 3.20. The van der Waals surface area contributed by atoms with Crippen molar-refractivity contribution in [3.63, 3.8) is 0 Å². The van der Waals surface area contributed by atoms with Crippen LogP contribution >= 0.6 is 11.3 Å². The zero-order chi connectivity index (χ0) is 15.6. The molecule has 1 amide bonds. The average molecular weight is 313 g/mol. The molecule has 1 aromatic heterocycles. The van der Waals surface area contributed by atoms with Gasteiger partial charge in [-0.1, -0.05) is 0 Å². The van der Waals surface area contributed by atoms with Crippen molar-refractivity contribution in [2.45, 2.75) is 6.54 Å². The van der Waals surface area contributed by atoms with E-state index in [1.54, 1.807) is 0 Å². The summed E-state index contributed by atoms with van der Waals surface area (Å²) in [6, 6.07) is 1.10. The van der Waals surface area contributed by atoms with Crippen LogP contribution in [0.1, 0.15) is 25.9 Å². The van der Waals surface area contributed by atoms with Gasteiger partial charge in [0, 0.05) is 18.0 Å². The smallest absolute Gasteiger partial charge is 0.337 e. The van der Waals surface area contributed by atoms with Crippen molar-refractivity contribution in [3.05, 3.63) is 45.4 Å². The minimum Gasteiger partial charge on any atom is -0.478 e. The standard InChI is InChI=1S/C12H9F2N3O3S/c13-6-1-5(12(19)20)8(2-7(6)14)17-11(18)9-4-21-10(3-15)16-9/h1-2,4H,3,15H2,(H,17,18)(H,19,20). The van der Waals surface area contributed by atoms with E-state index in [4.69, 9.17) is 10.8 Å². The molecule has 21 heavy (non-hydrogen) atoms. The Hall–Kier alpha value is -2.39. The number of hydrogen-bond acceptors (Lipinski definition) is 5. The van der Waals surface area contributed by atoms with Gasteiger partial charge in [-0.2, -0.15) is 0 Å². The largest absolute Gasteiger partial charge is 0.478 e. The molecule has 0 aliphatic rings. The van der Waals surface area contributed by atoms with Gasteiger partial charge in [0.05, 0.1) is 11.3 Å². The number of halogens is 2. The van der Waals surface area contributed by atoms with Crippen LogP contribution in [-0.4, -0.2) is 22.0 Å². The van der Waals surface area contributed by atoms with E-state index in [0.717, 1.165) is 11.3 Å². The molecule has 0 saturated carbocycles. The molecular weight excluding hydrogens is 304 g/mol. The molecule has 0 atom stereocenters. The third-order valence-electron chi connectivity index (χ3n) is 2.50. The lowest BCUT2D eigenvalue weighted by molar-refractivity contribution is 0.0697. The molecule has 2 rings (SSSR count). The first-order valence-electron chi connectivity index (χ1n) is 5.60. The highest BCUT2D eigenvalue weighted by Crippen LogP contribution is 2.21. The number of benzene rings is 1. The minimum absolute atomic E-state index is 0.0153. The van der Waals surface area contributed by atoms with E-state index in [1.165, 1.54) is 5.38 Å². The number of aromatic nitrogens is 1. The maximum absolute atomic E-state index is 13.2. The van der Waals surface area contributed by atoms with Gasteiger partial charge in [-0.05, 0) is 6.07 Å². The third-order valence-corrected chi connectivity index (χ3v) is 3.37. The van der Waals surface area contributed by atoms with Gasteiger partial charge >= 0.3 is 5.97 Å². The first-order valence-corrected chi connectivity index (χ1v) is 6.48. The monoisotopic (exact) mass is 313 g/mol. The summed E-state index contributed by atoms with van der Waals surface area (Å²) in [7, 11) is 0. The lowest BCUT2D eigenvalue weighted by Gasteiger charge is -2.08. The van der Waals surface area contributed by atoms with Crippen LogP contribution < -0.4 is 11.1 Å². The Bertz CT molecular complexity index is 718. The van der Waals surface area contributed by atoms with Gasteiger partial charge in [-0.3, -0.25) is 4.79 Å². The molecule has 1 heterocycles. The zero-order valence-electron chi connectivity index (χ0n) is 10.4. The van der Waals surface area contributed by atoms with Crippen molar-refractivity contribution in [3.8, 4) is 0 Å². The van der Waals surface area contributed by atoms with E-state index >= 15 is 0 Å². The number of carboxylic acid groups (broad SMARTS) is 1. The van der Waals surface area contributed by atoms with Gasteiger partial charge in [0.25, 0.3) is 5.91 Å². The fourth-order valence-electron chi connectivity index (χ4n) is 1.52. The normalized spacial score (nSPS) is 10.4. The molecule has 0 saturated heterocycles. The molecular formula is C12H9F2N3O3S. The predicted octanol–water partition coefficient (Wildman–Crippen LogP) is 1.83. The summed E-state index contributed by atoms with van der Waals surface area (Å²) < 4.78 is 26.2. The summed E-state index contributed by atoms with van der Waals surface area (Å²) in [5.74, 6) is -4.81. The number of anilines is 1. The van der Waals surface area contributed by atoms with Crippen LogP contribution in [0.2, 0.25) is 0 Å². The van der Waals surface area contributed by atoms with Crippen molar-refractivity contribution < 1.29 is 23.5 Å². The number of rotatable bonds is 4. The number of carbonyl (C=O) groups excluding carboxylic acids is 1. The first kappa shape index (κ1) is 15.0. The van der Waals surface area contributed by atoms with Gasteiger partial charge in [0.1, 0.15) is 10.7 Å². The van der Waals surface area contributed by atoms with Crippen molar-refractivity contribution in [1.29, 1.82) is 0 Å². The number of nitrogens with one attached hydrogen (secondary N) is 1. The number of nitrogens with zero attached hydrogens (tertiary/aromatic N) is 1. The topological polar surface area (TPSA) is 105 Å². The summed E-state index contributed by atoms with van der Waals surface area (Å²) in [6.45, 7) is 0.156. The Balaban J connectivity index is 2.32. The van der Waals surface area contributed by atoms with Gasteiger partial charge in [0.2, 0.25) is 0 Å². The predicted molar refractivity (Wildman–Crippen MR) is 71.3 cm³/mol. The number of aromatic carboxylic acids is 1. The van der Waals surface area contributed by atoms with Gasteiger partial charge in [-0.15, -0.1) is 11.3 Å². The van der Waals surface area contributed by atoms with E-state index in [9.17, 15) is 18.4 Å². The molecule has 0 fully saturated rings. The van der Waals surface area contributed by atoms with E-state index in [2.05, 4.69) is 10.3 Å². The highest BCUT2D eigenvalue weighted by molar-refractivity contribution is 7.09. The van der Waals surface area contributed by atoms with Crippen molar-refractivity contribution in [1.82, 2.24) is 4.98 Å². The Morgan fingerprint density at radius 3 is 2.57 bits per heavy atom. The number of nitrogens with two attached hydrogens (primary N) is 1. The van der Waals surface area contributed by atoms with Crippen LogP contribution in [0, 0.1) is 11.6 Å². The second kappa shape index (κ2) is 5.94. The second-order valence-electron chi connectivity index (χ2n) is 3.90. The minimum atomic E-state index is -1.50. The van der Waals surface area contributed by atoms with Crippen molar-refractivity contribution in [2.75, 3.05) is 5.32 Å². The number of amides is 1. The Morgan fingerprint density at radius 1 is 1.33 bits per heavy atom. The average Bonchev–Trinajstić information content (AvgIpc) is 2.91. The highest BCUT2D eigenvalue weighted by Gasteiger charge is 2.18. The molecule has 0 aliphatic heterocycles. The summed E-state index contributed by atoms with van der Waals surface area (Å²) in [6.07, 6.45) is 0. The summed E-state index contributed by atoms with van der Waals surface area (Å²) >= 11 is 1.16. The molecule has 0 unspecified atom stereocenters. The van der Waals surface area contributed by atoms with Crippen molar-refractivity contribution in [2.24, 2.45) is 5.73 Å². The number of carbonyl (C=O) groups is 2. The Morgan fingerprint density at radius 2 is 2.00 bits per heavy atom. The van der Waals surface area contributed by atoms with Crippen LogP contribution in [0.3, 0.4) is 0 Å². The lowest BCUT2D eigenvalue weighted by atomic mass is 10.1. The van der Waals surface area contributed by atoms with E-state index < -0.39 is 29.1 Å². The Kier molecular flexibility index (Phi) is 4.24. The number of thiazole rings is 1. The summed E-state index contributed by atoms with van der Waals surface area (Å²) in [5.41, 5.74) is 4.47. The van der Waals surface area contributed by atoms with Crippen LogP contribution in [0.15, 0.2) is 17.5 Å². The molecule has 110 valence electrons. The van der Waals surface area contributed by atoms with Gasteiger partial charge in [0.15, 0.2) is 11.6 Å². The molecule has 0 aliphatic carbocycles. The van der Waals surface area contributed by atoms with E-state index in [-0.39, 0.29) is 17.9 Å². The number of carboxylic acids is 1. The molecule has 6 nitrogen and oxygen atoms in total. The fourth-order valence-corrected chi connectivity index (χ4v) is 2.18. The summed E-state index contributed by atoms with van der Waals surface area (Å²) in [4.78, 5) is 26.8. The Labute approximate surface area is 121 Å². The van der Waals surface area contributed by atoms with Gasteiger partial charge < -0.3 is 16.2 Å².